The number of benzene rings is 1. The molecule has 0 atom stereocenters. The summed E-state index contributed by atoms with van der Waals surface area (Å²) in [6, 6.07) is 2.98. The van der Waals surface area contributed by atoms with Gasteiger partial charge in [-0.1, -0.05) is 23.2 Å². The van der Waals surface area contributed by atoms with Crippen LogP contribution in [-0.4, -0.2) is 17.0 Å². The second kappa shape index (κ2) is 4.88. The fraction of sp³-hybridized carbons (Fsp3) is 0.0909. The lowest BCUT2D eigenvalue weighted by Gasteiger charge is -2.09. The molecule has 0 amide bonds. The molecular weight excluding hydrogens is 279 g/mol. The van der Waals surface area contributed by atoms with E-state index in [4.69, 9.17) is 27.9 Å². The highest BCUT2D eigenvalue weighted by molar-refractivity contribution is 6.35. The van der Waals surface area contributed by atoms with E-state index < -0.39 is 4.92 Å². The summed E-state index contributed by atoms with van der Waals surface area (Å²) < 4.78 is 5.13. The Kier molecular flexibility index (Phi) is 3.45. The van der Waals surface area contributed by atoms with Crippen molar-refractivity contribution < 1.29 is 9.66 Å². The van der Waals surface area contributed by atoms with E-state index in [1.54, 1.807) is 12.3 Å². The molecule has 1 heterocycles. The fourth-order valence-electron chi connectivity index (χ4n) is 1.69. The number of nitro benzene ring substituents is 1. The maximum absolute atomic E-state index is 11.1. The average Bonchev–Trinajstić information content (AvgIpc) is 2.74. The maximum Gasteiger partial charge on any atom is 0.299 e. The number of ether oxygens (including phenoxy) is 1. The third-order valence-electron chi connectivity index (χ3n) is 2.46. The number of H-pyrrole nitrogens is 1. The standard InChI is InChI=1S/C11H8Cl2N2O3/c1-18-9-3-2-7(12)11(15(16)17)10(9)6-4-14-5-8(6)13/h2-5,14H,1H3. The zero-order valence-corrected chi connectivity index (χ0v) is 10.7. The van der Waals surface area contributed by atoms with Gasteiger partial charge in [-0.3, -0.25) is 10.1 Å². The Morgan fingerprint density at radius 1 is 1.28 bits per heavy atom. The highest BCUT2D eigenvalue weighted by atomic mass is 35.5. The highest BCUT2D eigenvalue weighted by Gasteiger charge is 2.26. The van der Waals surface area contributed by atoms with Crippen LogP contribution in [0.15, 0.2) is 24.5 Å². The number of hydrogen-bond acceptors (Lipinski definition) is 3. The number of hydrogen-bond donors (Lipinski definition) is 1. The SMILES string of the molecule is COc1ccc(Cl)c([N+](=O)[O-])c1-c1c[nH]cc1Cl. The summed E-state index contributed by atoms with van der Waals surface area (Å²) >= 11 is 11.9. The normalized spacial score (nSPS) is 10.4. The molecule has 0 aliphatic carbocycles. The predicted molar refractivity (Wildman–Crippen MR) is 69.5 cm³/mol. The van der Waals surface area contributed by atoms with Crippen molar-refractivity contribution in [2.75, 3.05) is 7.11 Å². The van der Waals surface area contributed by atoms with E-state index in [0.29, 0.717) is 16.3 Å². The molecule has 18 heavy (non-hydrogen) atoms. The van der Waals surface area contributed by atoms with Gasteiger partial charge >= 0.3 is 0 Å². The number of nitrogens with zero attached hydrogens (tertiary/aromatic N) is 1. The highest BCUT2D eigenvalue weighted by Crippen LogP contribution is 2.44. The molecule has 0 saturated heterocycles. The van der Waals surface area contributed by atoms with Crippen molar-refractivity contribution in [3.8, 4) is 16.9 Å². The molecule has 7 heteroatoms. The second-order valence-electron chi connectivity index (χ2n) is 3.45. The quantitative estimate of drug-likeness (QED) is 0.687. The molecule has 2 rings (SSSR count). The Balaban J connectivity index is 2.82. The number of nitro groups is 1. The van der Waals surface area contributed by atoms with Gasteiger partial charge in [-0.05, 0) is 12.1 Å². The molecule has 1 aromatic carbocycles. The summed E-state index contributed by atoms with van der Waals surface area (Å²) in [7, 11) is 1.43. The van der Waals surface area contributed by atoms with Crippen LogP contribution in [0.4, 0.5) is 5.69 Å². The largest absolute Gasteiger partial charge is 0.496 e. The maximum atomic E-state index is 11.1. The van der Waals surface area contributed by atoms with Crippen LogP contribution >= 0.6 is 23.2 Å². The van der Waals surface area contributed by atoms with Crippen LogP contribution in [0, 0.1) is 10.1 Å². The number of rotatable bonds is 3. The van der Waals surface area contributed by atoms with E-state index in [2.05, 4.69) is 4.98 Å². The Hall–Kier alpha value is -1.72. The van der Waals surface area contributed by atoms with Crippen molar-refractivity contribution in [2.45, 2.75) is 0 Å². The molecule has 0 fully saturated rings. The molecule has 0 saturated carbocycles. The first-order valence-corrected chi connectivity index (χ1v) is 5.65. The van der Waals surface area contributed by atoms with Crippen molar-refractivity contribution in [1.29, 1.82) is 0 Å². The summed E-state index contributed by atoms with van der Waals surface area (Å²) in [5, 5.41) is 11.5. The molecule has 94 valence electrons. The first kappa shape index (κ1) is 12.7. The minimum Gasteiger partial charge on any atom is -0.496 e. The van der Waals surface area contributed by atoms with E-state index >= 15 is 0 Å². The summed E-state index contributed by atoms with van der Waals surface area (Å²) in [6.07, 6.45) is 3.09. The Labute approximate surface area is 112 Å². The molecule has 0 bridgehead atoms. The molecule has 0 radical (unpaired) electrons. The zero-order valence-electron chi connectivity index (χ0n) is 9.24. The Morgan fingerprint density at radius 3 is 2.50 bits per heavy atom. The minimum atomic E-state index is -0.552. The first-order valence-electron chi connectivity index (χ1n) is 4.89. The zero-order chi connectivity index (χ0) is 13.3. The van der Waals surface area contributed by atoms with Crippen LogP contribution in [0.2, 0.25) is 10.0 Å². The molecule has 0 spiro atoms. The van der Waals surface area contributed by atoms with Gasteiger partial charge in [-0.2, -0.15) is 0 Å². The van der Waals surface area contributed by atoms with Gasteiger partial charge in [0.05, 0.1) is 17.1 Å². The first-order chi connectivity index (χ1) is 8.56. The van der Waals surface area contributed by atoms with E-state index in [-0.39, 0.29) is 16.3 Å². The van der Waals surface area contributed by atoms with Gasteiger partial charge < -0.3 is 9.72 Å². The number of aromatic amines is 1. The van der Waals surface area contributed by atoms with E-state index in [0.717, 1.165) is 0 Å². The van der Waals surface area contributed by atoms with Gasteiger partial charge in [-0.15, -0.1) is 0 Å². The monoisotopic (exact) mass is 286 g/mol. The molecular formula is C11H8Cl2N2O3. The lowest BCUT2D eigenvalue weighted by molar-refractivity contribution is -0.384. The van der Waals surface area contributed by atoms with Gasteiger partial charge in [0.25, 0.3) is 5.69 Å². The lowest BCUT2D eigenvalue weighted by atomic mass is 10.1. The fourth-order valence-corrected chi connectivity index (χ4v) is 2.13. The minimum absolute atomic E-state index is 0.0352. The third-order valence-corrected chi connectivity index (χ3v) is 3.08. The van der Waals surface area contributed by atoms with Crippen molar-refractivity contribution in [2.24, 2.45) is 0 Å². The van der Waals surface area contributed by atoms with Crippen LogP contribution in [0.1, 0.15) is 0 Å². The van der Waals surface area contributed by atoms with Crippen molar-refractivity contribution >= 4 is 28.9 Å². The number of halogens is 2. The molecule has 0 aliphatic heterocycles. The van der Waals surface area contributed by atoms with Crippen LogP contribution in [-0.2, 0) is 0 Å². The van der Waals surface area contributed by atoms with E-state index in [1.807, 2.05) is 0 Å². The van der Waals surface area contributed by atoms with Crippen LogP contribution < -0.4 is 4.74 Å². The molecule has 0 aliphatic rings. The Bertz CT molecular complexity index is 610. The number of aromatic nitrogens is 1. The average molecular weight is 287 g/mol. The molecule has 2 aromatic rings. The molecule has 1 N–H and O–H groups in total. The van der Waals surface area contributed by atoms with Crippen molar-refractivity contribution in [1.82, 2.24) is 4.98 Å². The van der Waals surface area contributed by atoms with Crippen LogP contribution in [0.5, 0.6) is 5.75 Å². The summed E-state index contributed by atoms with van der Waals surface area (Å²) in [6.45, 7) is 0. The van der Waals surface area contributed by atoms with Crippen molar-refractivity contribution in [3.63, 3.8) is 0 Å². The van der Waals surface area contributed by atoms with Crippen molar-refractivity contribution in [3.05, 3.63) is 44.7 Å². The van der Waals surface area contributed by atoms with Crippen LogP contribution in [0.25, 0.3) is 11.1 Å². The van der Waals surface area contributed by atoms with Gasteiger partial charge in [-0.25, -0.2) is 0 Å². The Morgan fingerprint density at radius 2 is 2.00 bits per heavy atom. The molecule has 0 unspecified atom stereocenters. The number of nitrogens with one attached hydrogen (secondary N) is 1. The van der Waals surface area contributed by atoms with E-state index in [1.165, 1.54) is 19.4 Å². The molecule has 1 aromatic heterocycles. The summed E-state index contributed by atoms with van der Waals surface area (Å²) in [4.78, 5) is 13.4. The topological polar surface area (TPSA) is 68.2 Å². The molecule has 5 nitrogen and oxygen atoms in total. The number of methoxy groups -OCH3 is 1. The van der Waals surface area contributed by atoms with Gasteiger partial charge in [0, 0.05) is 18.0 Å². The summed E-state index contributed by atoms with van der Waals surface area (Å²) in [5.74, 6) is 0.340. The van der Waals surface area contributed by atoms with Gasteiger partial charge in [0.15, 0.2) is 0 Å². The second-order valence-corrected chi connectivity index (χ2v) is 4.26. The van der Waals surface area contributed by atoms with E-state index in [9.17, 15) is 10.1 Å². The smallest absolute Gasteiger partial charge is 0.299 e. The predicted octanol–water partition coefficient (Wildman–Crippen LogP) is 3.91. The third kappa shape index (κ3) is 2.02. The van der Waals surface area contributed by atoms with Gasteiger partial charge in [0.1, 0.15) is 16.3 Å². The van der Waals surface area contributed by atoms with Gasteiger partial charge in [0.2, 0.25) is 0 Å². The summed E-state index contributed by atoms with van der Waals surface area (Å²) in [5.41, 5.74) is 0.515. The van der Waals surface area contributed by atoms with Crippen LogP contribution in [0.3, 0.4) is 0 Å². The lowest BCUT2D eigenvalue weighted by Crippen LogP contribution is -1.96.